The standard InChI is InChI=1S/C20H22N2O5/c1-2-16-15(20(25)26)11-17(27-16)19(24)22-14-9-7-12(8-10-14)18(23)21-13-5-3-4-6-13/h7-11,13H,2-6H2,1H3,(H,21,23)(H,22,24)(H,25,26). The third kappa shape index (κ3) is 4.36. The van der Waals surface area contributed by atoms with Gasteiger partial charge in [-0.2, -0.15) is 0 Å². The second kappa shape index (κ2) is 8.07. The fourth-order valence-corrected chi connectivity index (χ4v) is 3.22. The summed E-state index contributed by atoms with van der Waals surface area (Å²) < 4.78 is 5.34. The van der Waals surface area contributed by atoms with Gasteiger partial charge in [-0.05, 0) is 37.1 Å². The highest BCUT2D eigenvalue weighted by atomic mass is 16.4. The lowest BCUT2D eigenvalue weighted by Crippen LogP contribution is -2.32. The topological polar surface area (TPSA) is 109 Å². The third-order valence-corrected chi connectivity index (χ3v) is 4.68. The molecule has 1 heterocycles. The number of nitrogens with one attached hydrogen (secondary N) is 2. The molecular weight excluding hydrogens is 348 g/mol. The summed E-state index contributed by atoms with van der Waals surface area (Å²) in [6.45, 7) is 1.75. The van der Waals surface area contributed by atoms with Crippen molar-refractivity contribution in [3.8, 4) is 0 Å². The maximum Gasteiger partial charge on any atom is 0.339 e. The highest BCUT2D eigenvalue weighted by Gasteiger charge is 2.21. The molecule has 1 aliphatic carbocycles. The van der Waals surface area contributed by atoms with Gasteiger partial charge in [0.15, 0.2) is 5.76 Å². The zero-order valence-corrected chi connectivity index (χ0v) is 15.1. The first-order valence-electron chi connectivity index (χ1n) is 9.06. The predicted octanol–water partition coefficient (Wildman–Crippen LogP) is 3.46. The van der Waals surface area contributed by atoms with Crippen LogP contribution in [-0.2, 0) is 6.42 Å². The zero-order valence-electron chi connectivity index (χ0n) is 15.1. The number of carboxylic acid groups (broad SMARTS) is 1. The number of hydrogen-bond donors (Lipinski definition) is 3. The number of rotatable bonds is 6. The summed E-state index contributed by atoms with van der Waals surface area (Å²) in [7, 11) is 0. The molecule has 1 aromatic heterocycles. The van der Waals surface area contributed by atoms with Crippen LogP contribution < -0.4 is 10.6 Å². The smallest absolute Gasteiger partial charge is 0.339 e. The molecule has 1 aromatic carbocycles. The lowest BCUT2D eigenvalue weighted by molar-refractivity contribution is 0.0694. The van der Waals surface area contributed by atoms with Crippen LogP contribution in [0.2, 0.25) is 0 Å². The largest absolute Gasteiger partial charge is 0.478 e. The second-order valence-electron chi connectivity index (χ2n) is 6.59. The Morgan fingerprint density at radius 3 is 2.33 bits per heavy atom. The van der Waals surface area contributed by atoms with E-state index in [1.165, 1.54) is 6.07 Å². The van der Waals surface area contributed by atoms with Gasteiger partial charge in [-0.15, -0.1) is 0 Å². The minimum atomic E-state index is -1.13. The lowest BCUT2D eigenvalue weighted by atomic mass is 10.1. The van der Waals surface area contributed by atoms with Crippen molar-refractivity contribution in [3.63, 3.8) is 0 Å². The van der Waals surface area contributed by atoms with E-state index in [4.69, 9.17) is 9.52 Å². The van der Waals surface area contributed by atoms with Crippen LogP contribution in [0.3, 0.4) is 0 Å². The van der Waals surface area contributed by atoms with Crippen molar-refractivity contribution < 1.29 is 23.9 Å². The summed E-state index contributed by atoms with van der Waals surface area (Å²) in [5.74, 6) is -1.60. The maximum atomic E-state index is 12.3. The molecule has 0 spiro atoms. The average molecular weight is 370 g/mol. The summed E-state index contributed by atoms with van der Waals surface area (Å²) in [5, 5.41) is 14.8. The minimum absolute atomic E-state index is 0.0124. The molecule has 3 N–H and O–H groups in total. The number of aryl methyl sites for hydroxylation is 1. The Bertz CT molecular complexity index is 848. The molecule has 2 aromatic rings. The summed E-state index contributed by atoms with van der Waals surface area (Å²) in [6.07, 6.45) is 4.69. The molecule has 0 bridgehead atoms. The van der Waals surface area contributed by atoms with Gasteiger partial charge in [-0.25, -0.2) is 4.79 Å². The Labute approximate surface area is 156 Å². The van der Waals surface area contributed by atoms with Gasteiger partial charge in [0.2, 0.25) is 0 Å². The first-order valence-corrected chi connectivity index (χ1v) is 9.06. The molecule has 1 saturated carbocycles. The van der Waals surface area contributed by atoms with Crippen LogP contribution in [0.5, 0.6) is 0 Å². The molecule has 0 aliphatic heterocycles. The van der Waals surface area contributed by atoms with Crippen molar-refractivity contribution in [2.24, 2.45) is 0 Å². The molecule has 0 radical (unpaired) electrons. The number of carbonyl (C=O) groups is 3. The molecule has 3 rings (SSSR count). The molecular formula is C20H22N2O5. The SMILES string of the molecule is CCc1oc(C(=O)Nc2ccc(C(=O)NC3CCCC3)cc2)cc1C(=O)O. The van der Waals surface area contributed by atoms with Crippen molar-refractivity contribution in [3.05, 3.63) is 53.0 Å². The molecule has 1 fully saturated rings. The molecule has 7 nitrogen and oxygen atoms in total. The second-order valence-corrected chi connectivity index (χ2v) is 6.59. The zero-order chi connectivity index (χ0) is 19.4. The van der Waals surface area contributed by atoms with E-state index in [0.29, 0.717) is 17.7 Å². The minimum Gasteiger partial charge on any atom is -0.478 e. The van der Waals surface area contributed by atoms with Crippen molar-refractivity contribution in [1.29, 1.82) is 0 Å². The Hall–Kier alpha value is -3.09. The Morgan fingerprint density at radius 2 is 1.78 bits per heavy atom. The number of furan rings is 1. The van der Waals surface area contributed by atoms with Crippen LogP contribution in [0.1, 0.15) is 69.6 Å². The van der Waals surface area contributed by atoms with Gasteiger partial charge < -0.3 is 20.2 Å². The van der Waals surface area contributed by atoms with Crippen LogP contribution in [0.4, 0.5) is 5.69 Å². The quantitative estimate of drug-likeness (QED) is 0.721. The molecule has 0 unspecified atom stereocenters. The van der Waals surface area contributed by atoms with Crippen molar-refractivity contribution in [2.45, 2.75) is 45.1 Å². The molecule has 142 valence electrons. The molecule has 1 aliphatic rings. The van der Waals surface area contributed by atoms with E-state index in [1.807, 2.05) is 0 Å². The lowest BCUT2D eigenvalue weighted by Gasteiger charge is -2.12. The van der Waals surface area contributed by atoms with Gasteiger partial charge in [-0.3, -0.25) is 9.59 Å². The first-order chi connectivity index (χ1) is 13.0. The van der Waals surface area contributed by atoms with E-state index in [1.54, 1.807) is 31.2 Å². The Morgan fingerprint density at radius 1 is 1.11 bits per heavy atom. The normalized spacial score (nSPS) is 14.1. The number of anilines is 1. The number of benzene rings is 1. The number of aromatic carboxylic acids is 1. The molecule has 7 heteroatoms. The summed E-state index contributed by atoms with van der Waals surface area (Å²) in [4.78, 5) is 35.7. The van der Waals surface area contributed by atoms with Crippen LogP contribution in [0.25, 0.3) is 0 Å². The van der Waals surface area contributed by atoms with E-state index >= 15 is 0 Å². The van der Waals surface area contributed by atoms with Gasteiger partial charge in [-0.1, -0.05) is 19.8 Å². The monoisotopic (exact) mass is 370 g/mol. The van der Waals surface area contributed by atoms with Gasteiger partial charge in [0.25, 0.3) is 11.8 Å². The van der Waals surface area contributed by atoms with Crippen LogP contribution in [0, 0.1) is 0 Å². The maximum absolute atomic E-state index is 12.3. The average Bonchev–Trinajstić information content (AvgIpc) is 3.31. The van der Waals surface area contributed by atoms with Gasteiger partial charge in [0, 0.05) is 29.8 Å². The molecule has 2 amide bonds. The summed E-state index contributed by atoms with van der Waals surface area (Å²) in [6, 6.07) is 8.00. The summed E-state index contributed by atoms with van der Waals surface area (Å²) >= 11 is 0. The van der Waals surface area contributed by atoms with E-state index in [9.17, 15) is 14.4 Å². The van der Waals surface area contributed by atoms with Crippen molar-refractivity contribution >= 4 is 23.5 Å². The number of hydrogen-bond acceptors (Lipinski definition) is 4. The fourth-order valence-electron chi connectivity index (χ4n) is 3.22. The predicted molar refractivity (Wildman–Crippen MR) is 99.2 cm³/mol. The number of carboxylic acids is 1. The molecule has 0 saturated heterocycles. The van der Waals surface area contributed by atoms with E-state index < -0.39 is 11.9 Å². The van der Waals surface area contributed by atoms with Gasteiger partial charge >= 0.3 is 5.97 Å². The Balaban J connectivity index is 1.64. The van der Waals surface area contributed by atoms with E-state index in [0.717, 1.165) is 25.7 Å². The van der Waals surface area contributed by atoms with Crippen LogP contribution >= 0.6 is 0 Å². The Kier molecular flexibility index (Phi) is 5.59. The van der Waals surface area contributed by atoms with Gasteiger partial charge in [0.1, 0.15) is 11.3 Å². The van der Waals surface area contributed by atoms with E-state index in [2.05, 4.69) is 10.6 Å². The summed E-state index contributed by atoms with van der Waals surface area (Å²) in [5.41, 5.74) is 1.00. The molecule has 27 heavy (non-hydrogen) atoms. The highest BCUT2D eigenvalue weighted by molar-refractivity contribution is 6.04. The van der Waals surface area contributed by atoms with Crippen LogP contribution in [-0.4, -0.2) is 28.9 Å². The fraction of sp³-hybridized carbons (Fsp3) is 0.350. The first kappa shape index (κ1) is 18.7. The van der Waals surface area contributed by atoms with Crippen LogP contribution in [0.15, 0.2) is 34.7 Å². The number of amides is 2. The highest BCUT2D eigenvalue weighted by Crippen LogP contribution is 2.20. The van der Waals surface area contributed by atoms with E-state index in [-0.39, 0.29) is 29.0 Å². The van der Waals surface area contributed by atoms with Gasteiger partial charge in [0.05, 0.1) is 0 Å². The molecule has 0 atom stereocenters. The van der Waals surface area contributed by atoms with Crippen molar-refractivity contribution in [2.75, 3.05) is 5.32 Å². The van der Waals surface area contributed by atoms with Crippen molar-refractivity contribution in [1.82, 2.24) is 5.32 Å². The third-order valence-electron chi connectivity index (χ3n) is 4.68. The number of carbonyl (C=O) groups excluding carboxylic acids is 2.